The van der Waals surface area contributed by atoms with Crippen molar-refractivity contribution in [2.24, 2.45) is 0 Å². The van der Waals surface area contributed by atoms with Crippen molar-refractivity contribution in [3.8, 4) is 11.5 Å². The largest absolute Gasteiger partial charge is 0.487 e. The molecule has 0 unspecified atom stereocenters. The summed E-state index contributed by atoms with van der Waals surface area (Å²) in [5, 5.41) is 1.22. The molecule has 0 fully saturated rings. The molecule has 0 saturated carbocycles. The Bertz CT molecular complexity index is 1030. The molecule has 0 spiro atoms. The van der Waals surface area contributed by atoms with Crippen LogP contribution in [0.15, 0.2) is 42.5 Å². The van der Waals surface area contributed by atoms with Crippen LogP contribution in [0.2, 0.25) is 0 Å². The summed E-state index contributed by atoms with van der Waals surface area (Å²) in [4.78, 5) is 0. The molecule has 6 nitrogen and oxygen atoms in total. The van der Waals surface area contributed by atoms with Crippen molar-refractivity contribution in [3.63, 3.8) is 0 Å². The number of thiazole rings is 1. The quantitative estimate of drug-likeness (QED) is 0.553. The van der Waals surface area contributed by atoms with Crippen molar-refractivity contribution in [2.45, 2.75) is 13.5 Å². The average molecular weight is 457 g/mol. The van der Waals surface area contributed by atoms with Crippen molar-refractivity contribution in [3.05, 3.63) is 53.0 Å². The van der Waals surface area contributed by atoms with Gasteiger partial charge in [0.25, 0.3) is 5.01 Å². The number of aromatic nitrogens is 1. The van der Waals surface area contributed by atoms with Crippen LogP contribution in [0.1, 0.15) is 17.5 Å². The number of hydrogen-bond donors (Lipinski definition) is 0. The average Bonchev–Trinajstić information content (AvgIpc) is 3.18. The van der Waals surface area contributed by atoms with Crippen molar-refractivity contribution < 1.29 is 28.3 Å². The van der Waals surface area contributed by atoms with E-state index in [4.69, 9.17) is 23.7 Å². The molecule has 0 aliphatic carbocycles. The number of ether oxygens (including phenoxy) is 5. The van der Waals surface area contributed by atoms with E-state index in [1.54, 1.807) is 11.3 Å². The number of nitrogens with zero attached hydrogens (tertiary/aromatic N) is 1. The molecule has 0 saturated heterocycles. The maximum absolute atomic E-state index is 5.98. The third kappa shape index (κ3) is 6.07. The van der Waals surface area contributed by atoms with E-state index in [0.29, 0.717) is 64.4 Å². The summed E-state index contributed by atoms with van der Waals surface area (Å²) < 4.78 is 32.1. The Morgan fingerprint density at radius 3 is 2.16 bits per heavy atom. The fourth-order valence-corrected chi connectivity index (χ4v) is 4.62. The molecule has 32 heavy (non-hydrogen) atoms. The van der Waals surface area contributed by atoms with E-state index < -0.39 is 0 Å². The van der Waals surface area contributed by atoms with Gasteiger partial charge in [-0.2, -0.15) is 4.57 Å². The molecule has 7 heteroatoms. The van der Waals surface area contributed by atoms with Crippen LogP contribution >= 0.6 is 11.3 Å². The topological polar surface area (TPSA) is 50.0 Å². The van der Waals surface area contributed by atoms with Crippen LogP contribution in [0, 0.1) is 0 Å². The Morgan fingerprint density at radius 1 is 0.781 bits per heavy atom. The third-order valence-corrected chi connectivity index (χ3v) is 6.18. The number of hydrogen-bond acceptors (Lipinski definition) is 6. The molecule has 4 rings (SSSR count). The highest BCUT2D eigenvalue weighted by molar-refractivity contribution is 7.18. The zero-order valence-corrected chi connectivity index (χ0v) is 19.3. The molecular weight excluding hydrogens is 426 g/mol. The summed E-state index contributed by atoms with van der Waals surface area (Å²) in [6, 6.07) is 14.5. The lowest BCUT2D eigenvalue weighted by molar-refractivity contribution is -0.665. The number of rotatable bonds is 3. The molecule has 0 radical (unpaired) electrons. The minimum atomic E-state index is 0.451. The van der Waals surface area contributed by atoms with Gasteiger partial charge in [-0.25, -0.2) is 0 Å². The van der Waals surface area contributed by atoms with Gasteiger partial charge in [0, 0.05) is 12.1 Å². The van der Waals surface area contributed by atoms with Crippen LogP contribution < -0.4 is 14.0 Å². The highest BCUT2D eigenvalue weighted by Gasteiger charge is 2.16. The zero-order valence-electron chi connectivity index (χ0n) is 18.5. The van der Waals surface area contributed by atoms with Gasteiger partial charge in [0.2, 0.25) is 5.52 Å². The van der Waals surface area contributed by atoms with E-state index in [0.717, 1.165) is 12.1 Å². The van der Waals surface area contributed by atoms with Crippen molar-refractivity contribution in [2.75, 3.05) is 52.9 Å². The van der Waals surface area contributed by atoms with Gasteiger partial charge >= 0.3 is 0 Å². The van der Waals surface area contributed by atoms with E-state index in [1.807, 2.05) is 18.2 Å². The number of fused-ring (bicyclic) bond motifs is 2. The number of benzene rings is 2. The monoisotopic (exact) mass is 456 g/mol. The summed E-state index contributed by atoms with van der Waals surface area (Å²) in [5.74, 6) is 1.42. The normalized spacial score (nSPS) is 16.7. The molecule has 0 bridgehead atoms. The minimum Gasteiger partial charge on any atom is -0.487 e. The first-order valence-corrected chi connectivity index (χ1v) is 11.9. The fraction of sp³-hybridized carbons (Fsp3) is 0.400. The molecule has 2 aromatic carbocycles. The molecule has 1 aliphatic rings. The SMILES string of the molecule is CC[n+]1c(/C=C/c2ccc3c(c2)OCCOCCOCCOCCO3)sc2ccccc21. The third-order valence-electron chi connectivity index (χ3n) is 5.05. The summed E-state index contributed by atoms with van der Waals surface area (Å²) in [7, 11) is 0. The van der Waals surface area contributed by atoms with E-state index in [9.17, 15) is 0 Å². The highest BCUT2D eigenvalue weighted by Crippen LogP contribution is 2.30. The summed E-state index contributed by atoms with van der Waals surface area (Å²) in [6.07, 6.45) is 4.28. The van der Waals surface area contributed by atoms with Crippen LogP contribution in [-0.4, -0.2) is 52.9 Å². The predicted molar refractivity (Wildman–Crippen MR) is 127 cm³/mol. The van der Waals surface area contributed by atoms with Gasteiger partial charge in [-0.3, -0.25) is 0 Å². The van der Waals surface area contributed by atoms with Gasteiger partial charge in [-0.05, 0) is 36.8 Å². The molecular formula is C25H30NO5S+. The summed E-state index contributed by atoms with van der Waals surface area (Å²) in [6.45, 7) is 7.22. The minimum absolute atomic E-state index is 0.451. The first-order chi connectivity index (χ1) is 15.8. The van der Waals surface area contributed by atoms with Gasteiger partial charge in [0.1, 0.15) is 24.5 Å². The first-order valence-electron chi connectivity index (χ1n) is 11.1. The molecule has 170 valence electrons. The maximum Gasteiger partial charge on any atom is 0.262 e. The van der Waals surface area contributed by atoms with Crippen LogP contribution in [0.25, 0.3) is 22.4 Å². The Hall–Kier alpha value is -2.45. The lowest BCUT2D eigenvalue weighted by Gasteiger charge is -2.13. The predicted octanol–water partition coefficient (Wildman–Crippen LogP) is 4.20. The lowest BCUT2D eigenvalue weighted by Crippen LogP contribution is -2.33. The molecule has 0 atom stereocenters. The van der Waals surface area contributed by atoms with Crippen LogP contribution in [0.3, 0.4) is 0 Å². The second kappa shape index (κ2) is 12.0. The fourth-order valence-electron chi connectivity index (χ4n) is 3.49. The van der Waals surface area contributed by atoms with Gasteiger partial charge < -0.3 is 23.7 Å². The van der Waals surface area contributed by atoms with Gasteiger partial charge in [0.05, 0.1) is 39.6 Å². The van der Waals surface area contributed by atoms with E-state index in [1.165, 1.54) is 15.2 Å². The smallest absolute Gasteiger partial charge is 0.262 e. The lowest BCUT2D eigenvalue weighted by atomic mass is 10.2. The Balaban J connectivity index is 1.51. The van der Waals surface area contributed by atoms with Gasteiger partial charge in [0.15, 0.2) is 11.5 Å². The molecule has 1 aliphatic heterocycles. The van der Waals surface area contributed by atoms with E-state index in [-0.39, 0.29) is 0 Å². The highest BCUT2D eigenvalue weighted by atomic mass is 32.1. The van der Waals surface area contributed by atoms with Crippen LogP contribution in [0.5, 0.6) is 11.5 Å². The summed E-state index contributed by atoms with van der Waals surface area (Å²) in [5.41, 5.74) is 2.32. The maximum atomic E-state index is 5.98. The zero-order chi connectivity index (χ0) is 22.0. The molecule has 2 heterocycles. The Labute approximate surface area is 192 Å². The van der Waals surface area contributed by atoms with E-state index >= 15 is 0 Å². The Morgan fingerprint density at radius 2 is 1.44 bits per heavy atom. The summed E-state index contributed by atoms with van der Waals surface area (Å²) >= 11 is 1.80. The molecule has 3 aromatic rings. The van der Waals surface area contributed by atoms with Crippen LogP contribution in [0.4, 0.5) is 0 Å². The first kappa shape index (κ1) is 22.7. The van der Waals surface area contributed by atoms with Gasteiger partial charge in [-0.1, -0.05) is 29.5 Å². The number of aryl methyl sites for hydroxylation is 1. The Kier molecular flexibility index (Phi) is 8.50. The van der Waals surface area contributed by atoms with Gasteiger partial charge in [-0.15, -0.1) is 0 Å². The number of para-hydroxylation sites is 1. The van der Waals surface area contributed by atoms with Crippen molar-refractivity contribution in [1.29, 1.82) is 0 Å². The second-order valence-corrected chi connectivity index (χ2v) is 8.29. The second-order valence-electron chi connectivity index (χ2n) is 7.23. The molecule has 0 N–H and O–H groups in total. The molecule has 1 aromatic heterocycles. The van der Waals surface area contributed by atoms with Crippen molar-refractivity contribution >= 4 is 33.7 Å². The van der Waals surface area contributed by atoms with Crippen LogP contribution in [-0.2, 0) is 20.8 Å². The standard InChI is InChI=1S/C25H30NO5S/c1-2-26-21-5-3-4-6-24(21)32-25(26)10-8-20-7-9-22-23(19-20)31-18-16-29-14-12-27-11-13-28-15-17-30-22/h3-10,19H,2,11-18H2,1H3/q+1/b10-8+. The van der Waals surface area contributed by atoms with E-state index in [2.05, 4.69) is 47.9 Å². The van der Waals surface area contributed by atoms with Crippen molar-refractivity contribution in [1.82, 2.24) is 0 Å². The molecule has 0 amide bonds.